The second-order valence-corrected chi connectivity index (χ2v) is 2.23. The second kappa shape index (κ2) is 5.20. The summed E-state index contributed by atoms with van der Waals surface area (Å²) in [6.45, 7) is 1.13. The van der Waals surface area contributed by atoms with Crippen molar-refractivity contribution in [3.05, 3.63) is 0 Å². The zero-order valence-corrected chi connectivity index (χ0v) is 6.46. The molecule has 0 aliphatic carbocycles. The number of hydrogen-bond acceptors (Lipinski definition) is 4. The second-order valence-electron chi connectivity index (χ2n) is 2.23. The van der Waals surface area contributed by atoms with Gasteiger partial charge in [0.1, 0.15) is 6.61 Å². The molecule has 0 heterocycles. The number of nitrogens with zero attached hydrogens (tertiary/aromatic N) is 1. The smallest absolute Gasteiger partial charge is 0.319 e. The maximum absolute atomic E-state index is 10.4. The minimum absolute atomic E-state index is 0.0343. The molecular weight excluding hydrogens is 132 g/mol. The summed E-state index contributed by atoms with van der Waals surface area (Å²) in [6, 6.07) is 0. The first-order valence-electron chi connectivity index (χ1n) is 3.17. The first kappa shape index (κ1) is 9.39. The van der Waals surface area contributed by atoms with Crippen LogP contribution in [0.25, 0.3) is 0 Å². The summed E-state index contributed by atoms with van der Waals surface area (Å²) in [5, 5.41) is 0. The molecule has 0 aliphatic rings. The van der Waals surface area contributed by atoms with E-state index in [1.807, 2.05) is 19.0 Å². The Morgan fingerprint density at radius 1 is 1.60 bits per heavy atom. The molecule has 0 rings (SSSR count). The van der Waals surface area contributed by atoms with Gasteiger partial charge in [0.15, 0.2) is 0 Å². The van der Waals surface area contributed by atoms with Crippen molar-refractivity contribution >= 4 is 5.97 Å². The molecule has 0 amide bonds. The van der Waals surface area contributed by atoms with Crippen LogP contribution in [0.3, 0.4) is 0 Å². The van der Waals surface area contributed by atoms with E-state index in [2.05, 4.69) is 0 Å². The van der Waals surface area contributed by atoms with Crippen LogP contribution in [0.1, 0.15) is 0 Å². The number of carbonyl (C=O) groups excluding carboxylic acids is 1. The number of carbonyl (C=O) groups is 1. The van der Waals surface area contributed by atoms with Gasteiger partial charge in [0.05, 0.1) is 6.54 Å². The highest BCUT2D eigenvalue weighted by Gasteiger charge is 1.97. The average molecular weight is 146 g/mol. The zero-order chi connectivity index (χ0) is 7.98. The molecule has 60 valence electrons. The van der Waals surface area contributed by atoms with Crippen molar-refractivity contribution in [1.29, 1.82) is 0 Å². The van der Waals surface area contributed by atoms with Crippen molar-refractivity contribution in [3.63, 3.8) is 0 Å². The summed E-state index contributed by atoms with van der Waals surface area (Å²) < 4.78 is 4.70. The van der Waals surface area contributed by atoms with Crippen molar-refractivity contribution in [1.82, 2.24) is 4.90 Å². The van der Waals surface area contributed by atoms with Crippen molar-refractivity contribution in [3.8, 4) is 0 Å². The third-order valence-corrected chi connectivity index (χ3v) is 0.968. The number of likely N-dealkylation sites (N-methyl/N-ethyl adjacent to an activating group) is 1. The fourth-order valence-electron chi connectivity index (χ4n) is 0.401. The highest BCUT2D eigenvalue weighted by atomic mass is 16.5. The van der Waals surface area contributed by atoms with Gasteiger partial charge < -0.3 is 15.4 Å². The summed E-state index contributed by atoms with van der Waals surface area (Å²) in [5.41, 5.74) is 5.00. The number of rotatable bonds is 4. The molecule has 0 fully saturated rings. The molecule has 4 heteroatoms. The number of ether oxygens (including phenoxy) is 1. The lowest BCUT2D eigenvalue weighted by molar-refractivity contribution is -0.142. The predicted molar refractivity (Wildman–Crippen MR) is 38.6 cm³/mol. The monoisotopic (exact) mass is 146 g/mol. The van der Waals surface area contributed by atoms with Crippen molar-refractivity contribution in [2.75, 3.05) is 33.8 Å². The minimum Gasteiger partial charge on any atom is -0.463 e. The first-order valence-corrected chi connectivity index (χ1v) is 3.17. The van der Waals surface area contributed by atoms with Gasteiger partial charge in [0.25, 0.3) is 0 Å². The molecule has 0 aromatic rings. The quantitative estimate of drug-likeness (QED) is 0.519. The van der Waals surface area contributed by atoms with Gasteiger partial charge >= 0.3 is 5.97 Å². The van der Waals surface area contributed by atoms with Gasteiger partial charge in [-0.05, 0) is 14.1 Å². The molecule has 0 aliphatic heterocycles. The fraction of sp³-hybridized carbons (Fsp3) is 0.833. The molecule has 0 unspecified atom stereocenters. The summed E-state index contributed by atoms with van der Waals surface area (Å²) in [7, 11) is 3.83. The van der Waals surface area contributed by atoms with E-state index < -0.39 is 0 Å². The maximum atomic E-state index is 10.4. The van der Waals surface area contributed by atoms with Crippen LogP contribution in [0.15, 0.2) is 0 Å². The van der Waals surface area contributed by atoms with Crippen LogP contribution in [-0.2, 0) is 9.53 Å². The SMILES string of the molecule is CN(C)CCOC(=O)CN. The topological polar surface area (TPSA) is 55.6 Å². The highest BCUT2D eigenvalue weighted by molar-refractivity contribution is 5.71. The molecule has 0 spiro atoms. The van der Waals surface area contributed by atoms with Crippen LogP contribution < -0.4 is 5.73 Å². The summed E-state index contributed by atoms with van der Waals surface area (Å²) in [6.07, 6.45) is 0. The third kappa shape index (κ3) is 5.53. The Hall–Kier alpha value is -0.610. The predicted octanol–water partition coefficient (Wildman–Crippen LogP) is -0.950. The van der Waals surface area contributed by atoms with Gasteiger partial charge in [0, 0.05) is 6.54 Å². The minimum atomic E-state index is -0.346. The Bertz CT molecular complexity index is 104. The summed E-state index contributed by atoms with van der Waals surface area (Å²) in [4.78, 5) is 12.4. The number of nitrogens with two attached hydrogens (primary N) is 1. The molecule has 0 aromatic heterocycles. The van der Waals surface area contributed by atoms with Crippen LogP contribution in [0.5, 0.6) is 0 Å². The van der Waals surface area contributed by atoms with E-state index in [0.29, 0.717) is 6.61 Å². The maximum Gasteiger partial charge on any atom is 0.319 e. The van der Waals surface area contributed by atoms with Crippen molar-refractivity contribution < 1.29 is 9.53 Å². The standard InChI is InChI=1S/C6H14N2O2/c1-8(2)3-4-10-6(9)5-7/h3-5,7H2,1-2H3. The molecule has 2 N–H and O–H groups in total. The Balaban J connectivity index is 3.12. The van der Waals surface area contributed by atoms with Crippen LogP contribution in [0.4, 0.5) is 0 Å². The average Bonchev–Trinajstić information content (AvgIpc) is 1.87. The molecule has 0 saturated heterocycles. The molecule has 0 saturated carbocycles. The van der Waals surface area contributed by atoms with Crippen molar-refractivity contribution in [2.45, 2.75) is 0 Å². The highest BCUT2D eigenvalue weighted by Crippen LogP contribution is 1.78. The van der Waals surface area contributed by atoms with E-state index in [1.165, 1.54) is 0 Å². The molecular formula is C6H14N2O2. The Labute approximate surface area is 60.9 Å². The van der Waals surface area contributed by atoms with E-state index in [1.54, 1.807) is 0 Å². The van der Waals surface area contributed by atoms with Crippen LogP contribution in [-0.4, -0.2) is 44.7 Å². The van der Waals surface area contributed by atoms with E-state index >= 15 is 0 Å². The lowest BCUT2D eigenvalue weighted by atomic mass is 10.6. The molecule has 0 radical (unpaired) electrons. The number of esters is 1. The van der Waals surface area contributed by atoms with Gasteiger partial charge in [-0.25, -0.2) is 0 Å². The lowest BCUT2D eigenvalue weighted by Gasteiger charge is -2.08. The number of hydrogen-bond donors (Lipinski definition) is 1. The molecule has 4 nitrogen and oxygen atoms in total. The van der Waals surface area contributed by atoms with Crippen LogP contribution in [0.2, 0.25) is 0 Å². The molecule has 0 bridgehead atoms. The van der Waals surface area contributed by atoms with Gasteiger partial charge in [-0.15, -0.1) is 0 Å². The van der Waals surface area contributed by atoms with Gasteiger partial charge in [-0.3, -0.25) is 4.79 Å². The van der Waals surface area contributed by atoms with Gasteiger partial charge in [0.2, 0.25) is 0 Å². The Morgan fingerprint density at radius 2 is 2.20 bits per heavy atom. The lowest BCUT2D eigenvalue weighted by Crippen LogP contribution is -2.23. The fourth-order valence-corrected chi connectivity index (χ4v) is 0.401. The van der Waals surface area contributed by atoms with Gasteiger partial charge in [-0.2, -0.15) is 0 Å². The van der Waals surface area contributed by atoms with E-state index in [-0.39, 0.29) is 12.5 Å². The molecule has 0 atom stereocenters. The first-order chi connectivity index (χ1) is 4.66. The van der Waals surface area contributed by atoms with E-state index in [0.717, 1.165) is 6.54 Å². The molecule has 10 heavy (non-hydrogen) atoms. The van der Waals surface area contributed by atoms with Crippen LogP contribution in [0, 0.1) is 0 Å². The van der Waals surface area contributed by atoms with E-state index in [9.17, 15) is 4.79 Å². The normalized spacial score (nSPS) is 10.0. The Kier molecular flexibility index (Phi) is 4.88. The largest absolute Gasteiger partial charge is 0.463 e. The molecule has 0 aromatic carbocycles. The van der Waals surface area contributed by atoms with Gasteiger partial charge in [-0.1, -0.05) is 0 Å². The van der Waals surface area contributed by atoms with Crippen molar-refractivity contribution in [2.24, 2.45) is 5.73 Å². The summed E-state index contributed by atoms with van der Waals surface area (Å²) >= 11 is 0. The Morgan fingerprint density at radius 3 is 2.60 bits per heavy atom. The van der Waals surface area contributed by atoms with E-state index in [4.69, 9.17) is 10.5 Å². The third-order valence-electron chi connectivity index (χ3n) is 0.968. The van der Waals surface area contributed by atoms with Crippen LogP contribution >= 0.6 is 0 Å². The zero-order valence-electron chi connectivity index (χ0n) is 6.46. The summed E-state index contributed by atoms with van der Waals surface area (Å²) in [5.74, 6) is -0.346.